The second kappa shape index (κ2) is 5.79. The van der Waals surface area contributed by atoms with Crippen molar-refractivity contribution in [3.63, 3.8) is 0 Å². The molecule has 1 saturated carbocycles. The van der Waals surface area contributed by atoms with Crippen LogP contribution >= 0.6 is 0 Å². The molecule has 2 aromatic heterocycles. The van der Waals surface area contributed by atoms with E-state index in [1.54, 1.807) is 0 Å². The van der Waals surface area contributed by atoms with Gasteiger partial charge in [-0.15, -0.1) is 5.10 Å². The second-order valence-electron chi connectivity index (χ2n) is 6.57. The molecule has 3 heterocycles. The highest BCUT2D eigenvalue weighted by Gasteiger charge is 2.27. The van der Waals surface area contributed by atoms with Gasteiger partial charge in [0.25, 0.3) is 0 Å². The third kappa shape index (κ3) is 2.87. The Kier molecular flexibility index (Phi) is 3.63. The number of nitrogens with zero attached hydrogens (tertiary/aromatic N) is 4. The van der Waals surface area contributed by atoms with E-state index in [2.05, 4.69) is 26.1 Å². The highest BCUT2D eigenvalue weighted by molar-refractivity contribution is 5.41. The van der Waals surface area contributed by atoms with Gasteiger partial charge in [0, 0.05) is 36.7 Å². The van der Waals surface area contributed by atoms with Crippen molar-refractivity contribution in [1.29, 1.82) is 0 Å². The van der Waals surface area contributed by atoms with Crippen molar-refractivity contribution in [1.82, 2.24) is 20.2 Å². The van der Waals surface area contributed by atoms with Gasteiger partial charge in [-0.2, -0.15) is 0 Å². The van der Waals surface area contributed by atoms with Crippen molar-refractivity contribution < 1.29 is 4.42 Å². The van der Waals surface area contributed by atoms with Crippen molar-refractivity contribution >= 4 is 5.82 Å². The Balaban J connectivity index is 1.47. The molecule has 0 atom stereocenters. The molecule has 2 aromatic rings. The predicted molar refractivity (Wildman–Crippen MR) is 84.7 cm³/mol. The fraction of sp³-hybridized carbons (Fsp3) is 0.625. The lowest BCUT2D eigenvalue weighted by atomic mass is 9.85. The van der Waals surface area contributed by atoms with E-state index in [9.17, 15) is 4.79 Å². The molecule has 2 fully saturated rings. The van der Waals surface area contributed by atoms with Gasteiger partial charge in [0.2, 0.25) is 5.89 Å². The van der Waals surface area contributed by atoms with Crippen molar-refractivity contribution in [2.45, 2.75) is 50.9 Å². The van der Waals surface area contributed by atoms with Gasteiger partial charge in [0.1, 0.15) is 11.6 Å². The zero-order chi connectivity index (χ0) is 15.8. The molecule has 0 spiro atoms. The molecule has 7 nitrogen and oxygen atoms in total. The van der Waals surface area contributed by atoms with E-state index in [4.69, 9.17) is 9.40 Å². The SMILES string of the molecule is Cc1cc(N2CCC(c3n[nH]c(=O)o3)CC2)nc(C2CCC2)n1. The van der Waals surface area contributed by atoms with Crippen molar-refractivity contribution in [3.05, 3.63) is 34.0 Å². The predicted octanol–water partition coefficient (Wildman–Crippen LogP) is 2.11. The summed E-state index contributed by atoms with van der Waals surface area (Å²) in [5.41, 5.74) is 1.04. The summed E-state index contributed by atoms with van der Waals surface area (Å²) >= 11 is 0. The molecular weight excluding hydrogens is 294 g/mol. The van der Waals surface area contributed by atoms with Crippen molar-refractivity contribution in [2.24, 2.45) is 0 Å². The molecule has 1 aliphatic heterocycles. The number of rotatable bonds is 3. The van der Waals surface area contributed by atoms with Crippen LogP contribution in [0.25, 0.3) is 0 Å². The van der Waals surface area contributed by atoms with Crippen LogP contribution in [0.3, 0.4) is 0 Å². The Labute approximate surface area is 134 Å². The fourth-order valence-corrected chi connectivity index (χ4v) is 3.36. The summed E-state index contributed by atoms with van der Waals surface area (Å²) in [6.07, 6.45) is 5.54. The smallest absolute Gasteiger partial charge is 0.392 e. The van der Waals surface area contributed by atoms with E-state index < -0.39 is 5.76 Å². The van der Waals surface area contributed by atoms with Gasteiger partial charge in [-0.3, -0.25) is 0 Å². The first-order valence-corrected chi connectivity index (χ1v) is 8.35. The quantitative estimate of drug-likeness (QED) is 0.933. The topological polar surface area (TPSA) is 87.9 Å². The fourth-order valence-electron chi connectivity index (χ4n) is 3.36. The van der Waals surface area contributed by atoms with Crippen LogP contribution in [0.2, 0.25) is 0 Å². The zero-order valence-corrected chi connectivity index (χ0v) is 13.3. The van der Waals surface area contributed by atoms with E-state index in [0.29, 0.717) is 11.8 Å². The van der Waals surface area contributed by atoms with Crippen LogP contribution in [0.1, 0.15) is 61.3 Å². The maximum absolute atomic E-state index is 11.1. The molecule has 23 heavy (non-hydrogen) atoms. The molecule has 4 rings (SSSR count). The van der Waals surface area contributed by atoms with Crippen LogP contribution < -0.4 is 10.7 Å². The number of H-pyrrole nitrogens is 1. The van der Waals surface area contributed by atoms with Gasteiger partial charge in [0.15, 0.2) is 0 Å². The Hall–Kier alpha value is -2.18. The Morgan fingerprint density at radius 3 is 2.57 bits per heavy atom. The summed E-state index contributed by atoms with van der Waals surface area (Å²) in [5.74, 6) is 2.85. The first-order valence-electron chi connectivity index (χ1n) is 8.35. The number of aryl methyl sites for hydroxylation is 1. The number of aromatic nitrogens is 4. The first kappa shape index (κ1) is 14.4. The first-order chi connectivity index (χ1) is 11.2. The molecular formula is C16H21N5O2. The molecule has 122 valence electrons. The lowest BCUT2D eigenvalue weighted by Gasteiger charge is -2.32. The molecule has 0 amide bonds. The molecule has 7 heteroatoms. The van der Waals surface area contributed by atoms with Gasteiger partial charge >= 0.3 is 5.76 Å². The normalized spacial score (nSPS) is 19.8. The number of aromatic amines is 1. The summed E-state index contributed by atoms with van der Waals surface area (Å²) in [6, 6.07) is 2.07. The Morgan fingerprint density at radius 1 is 1.17 bits per heavy atom. The summed E-state index contributed by atoms with van der Waals surface area (Å²) < 4.78 is 5.09. The Morgan fingerprint density at radius 2 is 1.96 bits per heavy atom. The average molecular weight is 315 g/mol. The van der Waals surface area contributed by atoms with Crippen LogP contribution in [0.4, 0.5) is 5.82 Å². The van der Waals surface area contributed by atoms with Crippen LogP contribution in [-0.4, -0.2) is 33.3 Å². The van der Waals surface area contributed by atoms with E-state index in [-0.39, 0.29) is 5.92 Å². The number of hydrogen-bond acceptors (Lipinski definition) is 6. The average Bonchev–Trinajstić information content (AvgIpc) is 2.92. The van der Waals surface area contributed by atoms with E-state index in [1.807, 2.05) is 6.92 Å². The standard InChI is InChI=1S/C16H21N5O2/c1-10-9-13(18-14(17-10)11-3-2-4-11)21-7-5-12(6-8-21)15-19-20-16(22)23-15/h9,11-12H,2-8H2,1H3,(H,20,22). The molecule has 1 N–H and O–H groups in total. The molecule has 0 unspecified atom stereocenters. The molecule has 1 aliphatic carbocycles. The minimum absolute atomic E-state index is 0.208. The van der Waals surface area contributed by atoms with Crippen molar-refractivity contribution in [2.75, 3.05) is 18.0 Å². The maximum Gasteiger partial charge on any atom is 0.434 e. The van der Waals surface area contributed by atoms with E-state index in [0.717, 1.165) is 43.3 Å². The third-order valence-corrected chi connectivity index (χ3v) is 4.95. The minimum Gasteiger partial charge on any atom is -0.392 e. The second-order valence-corrected chi connectivity index (χ2v) is 6.57. The van der Waals surface area contributed by atoms with E-state index in [1.165, 1.54) is 19.3 Å². The third-order valence-electron chi connectivity index (χ3n) is 4.95. The van der Waals surface area contributed by atoms with Gasteiger partial charge in [0.05, 0.1) is 0 Å². The molecule has 0 bridgehead atoms. The number of anilines is 1. The van der Waals surface area contributed by atoms with Gasteiger partial charge in [-0.05, 0) is 32.6 Å². The van der Waals surface area contributed by atoms with Gasteiger partial charge in [-0.1, -0.05) is 6.42 Å². The summed E-state index contributed by atoms with van der Waals surface area (Å²) in [7, 11) is 0. The highest BCUT2D eigenvalue weighted by Crippen LogP contribution is 2.35. The molecule has 0 aromatic carbocycles. The number of nitrogens with one attached hydrogen (secondary N) is 1. The van der Waals surface area contributed by atoms with Crippen molar-refractivity contribution in [3.8, 4) is 0 Å². The molecule has 2 aliphatic rings. The largest absolute Gasteiger partial charge is 0.434 e. The zero-order valence-electron chi connectivity index (χ0n) is 13.3. The van der Waals surface area contributed by atoms with Gasteiger partial charge < -0.3 is 9.32 Å². The van der Waals surface area contributed by atoms with Crippen LogP contribution in [0.5, 0.6) is 0 Å². The Bertz CT molecular complexity index is 741. The minimum atomic E-state index is -0.473. The summed E-state index contributed by atoms with van der Waals surface area (Å²) in [6.45, 7) is 3.82. The summed E-state index contributed by atoms with van der Waals surface area (Å²) in [4.78, 5) is 22.8. The number of hydrogen-bond donors (Lipinski definition) is 1. The molecule has 1 saturated heterocycles. The highest BCUT2D eigenvalue weighted by atomic mass is 16.4. The molecule has 0 radical (unpaired) electrons. The van der Waals surface area contributed by atoms with Crippen LogP contribution in [-0.2, 0) is 0 Å². The van der Waals surface area contributed by atoms with E-state index >= 15 is 0 Å². The maximum atomic E-state index is 11.1. The van der Waals surface area contributed by atoms with Crippen LogP contribution in [0, 0.1) is 6.92 Å². The summed E-state index contributed by atoms with van der Waals surface area (Å²) in [5, 5.41) is 6.30. The number of piperidine rings is 1. The lowest BCUT2D eigenvalue weighted by Crippen LogP contribution is -2.34. The van der Waals surface area contributed by atoms with Crippen LogP contribution in [0.15, 0.2) is 15.3 Å². The van der Waals surface area contributed by atoms with Gasteiger partial charge in [-0.25, -0.2) is 19.9 Å². The lowest BCUT2D eigenvalue weighted by molar-refractivity contribution is 0.377. The monoisotopic (exact) mass is 315 g/mol.